The molecule has 0 aromatic heterocycles. The molecule has 2 aromatic carbocycles. The number of carbonyl (C=O) groups is 1. The highest BCUT2D eigenvalue weighted by molar-refractivity contribution is 7.92. The van der Waals surface area contributed by atoms with Gasteiger partial charge in [-0.25, -0.2) is 8.42 Å². The highest BCUT2D eigenvalue weighted by atomic mass is 32.2. The summed E-state index contributed by atoms with van der Waals surface area (Å²) in [5, 5.41) is 2.78. The Kier molecular flexibility index (Phi) is 6.63. The fourth-order valence-electron chi connectivity index (χ4n) is 2.49. The zero-order valence-corrected chi connectivity index (χ0v) is 16.0. The van der Waals surface area contributed by atoms with Gasteiger partial charge in [-0.15, -0.1) is 0 Å². The maximum atomic E-state index is 12.2. The average molecular weight is 376 g/mol. The third-order valence-electron chi connectivity index (χ3n) is 3.85. The Morgan fingerprint density at radius 1 is 1.08 bits per heavy atom. The van der Waals surface area contributed by atoms with Crippen LogP contribution in [0.1, 0.15) is 24.5 Å². The first-order chi connectivity index (χ1) is 12.3. The van der Waals surface area contributed by atoms with Gasteiger partial charge in [0.1, 0.15) is 5.75 Å². The molecule has 0 fully saturated rings. The number of nitrogens with one attached hydrogen (secondary N) is 2. The van der Waals surface area contributed by atoms with E-state index in [0.717, 1.165) is 18.2 Å². The molecule has 0 spiro atoms. The molecule has 0 heterocycles. The Hall–Kier alpha value is -2.54. The Morgan fingerprint density at radius 3 is 2.31 bits per heavy atom. The fraction of sp³-hybridized carbons (Fsp3) is 0.316. The zero-order valence-electron chi connectivity index (χ0n) is 15.2. The molecular weight excluding hydrogens is 352 g/mol. The first kappa shape index (κ1) is 19.8. The van der Waals surface area contributed by atoms with Crippen LogP contribution in [0.25, 0.3) is 0 Å². The van der Waals surface area contributed by atoms with Crippen LogP contribution in [0.4, 0.5) is 11.4 Å². The molecular formula is C19H24N2O4S. The third-order valence-corrected chi connectivity index (χ3v) is 4.44. The van der Waals surface area contributed by atoms with Crippen LogP contribution in [-0.4, -0.2) is 27.7 Å². The summed E-state index contributed by atoms with van der Waals surface area (Å²) in [6.45, 7) is 2.10. The molecule has 0 atom stereocenters. The summed E-state index contributed by atoms with van der Waals surface area (Å²) >= 11 is 0. The number of hydrogen-bond acceptors (Lipinski definition) is 4. The number of hydrogen-bond donors (Lipinski definition) is 2. The number of carbonyl (C=O) groups excluding carboxylic acids is 1. The number of methoxy groups -OCH3 is 1. The van der Waals surface area contributed by atoms with Crippen LogP contribution in [-0.2, 0) is 27.7 Å². The highest BCUT2D eigenvalue weighted by Crippen LogP contribution is 2.28. The van der Waals surface area contributed by atoms with Gasteiger partial charge < -0.3 is 10.1 Å². The van der Waals surface area contributed by atoms with Gasteiger partial charge in [-0.2, -0.15) is 0 Å². The van der Waals surface area contributed by atoms with Crippen LogP contribution in [0.2, 0.25) is 0 Å². The van der Waals surface area contributed by atoms with E-state index in [1.54, 1.807) is 12.1 Å². The molecule has 0 radical (unpaired) electrons. The summed E-state index contributed by atoms with van der Waals surface area (Å²) in [6.07, 6.45) is 3.02. The molecule has 0 unspecified atom stereocenters. The van der Waals surface area contributed by atoms with E-state index in [-0.39, 0.29) is 11.6 Å². The van der Waals surface area contributed by atoms with Gasteiger partial charge >= 0.3 is 0 Å². The number of anilines is 2. The van der Waals surface area contributed by atoms with Crippen molar-refractivity contribution >= 4 is 27.3 Å². The van der Waals surface area contributed by atoms with E-state index in [4.69, 9.17) is 4.74 Å². The summed E-state index contributed by atoms with van der Waals surface area (Å²) < 4.78 is 30.4. The monoisotopic (exact) mass is 376 g/mol. The van der Waals surface area contributed by atoms with E-state index in [0.29, 0.717) is 24.3 Å². The largest absolute Gasteiger partial charge is 0.495 e. The molecule has 0 saturated carbocycles. The summed E-state index contributed by atoms with van der Waals surface area (Å²) in [7, 11) is -2.00. The van der Waals surface area contributed by atoms with Gasteiger partial charge in [-0.3, -0.25) is 9.52 Å². The summed E-state index contributed by atoms with van der Waals surface area (Å²) in [5.74, 6) is 0.240. The van der Waals surface area contributed by atoms with E-state index in [9.17, 15) is 13.2 Å². The molecule has 0 aliphatic heterocycles. The first-order valence-corrected chi connectivity index (χ1v) is 10.2. The smallest absolute Gasteiger partial charge is 0.229 e. The van der Waals surface area contributed by atoms with Crippen LogP contribution >= 0.6 is 0 Å². The van der Waals surface area contributed by atoms with Crippen LogP contribution in [0.5, 0.6) is 5.75 Å². The van der Waals surface area contributed by atoms with E-state index < -0.39 is 10.0 Å². The van der Waals surface area contributed by atoms with Gasteiger partial charge in [0.2, 0.25) is 15.9 Å². The van der Waals surface area contributed by atoms with Crippen molar-refractivity contribution in [2.24, 2.45) is 0 Å². The van der Waals surface area contributed by atoms with Crippen molar-refractivity contribution in [3.63, 3.8) is 0 Å². The molecule has 2 rings (SSSR count). The Labute approximate surface area is 154 Å². The number of rotatable bonds is 8. The number of benzene rings is 2. The Balaban J connectivity index is 2.00. The van der Waals surface area contributed by atoms with Crippen molar-refractivity contribution < 1.29 is 17.9 Å². The van der Waals surface area contributed by atoms with Gasteiger partial charge in [0.15, 0.2) is 0 Å². The van der Waals surface area contributed by atoms with E-state index in [2.05, 4.69) is 29.1 Å². The third kappa shape index (κ3) is 6.07. The summed E-state index contributed by atoms with van der Waals surface area (Å²) in [4.78, 5) is 12.2. The lowest BCUT2D eigenvalue weighted by Gasteiger charge is -2.12. The number of sulfonamides is 1. The lowest BCUT2D eigenvalue weighted by molar-refractivity contribution is -0.116. The molecule has 2 N–H and O–H groups in total. The second kappa shape index (κ2) is 8.71. The summed E-state index contributed by atoms with van der Waals surface area (Å²) in [5.41, 5.74) is 3.15. The van der Waals surface area contributed by atoms with Gasteiger partial charge in [0, 0.05) is 12.1 Å². The van der Waals surface area contributed by atoms with Gasteiger partial charge in [0.25, 0.3) is 0 Å². The van der Waals surface area contributed by atoms with Crippen LogP contribution < -0.4 is 14.8 Å². The summed E-state index contributed by atoms with van der Waals surface area (Å²) in [6, 6.07) is 13.0. The number of ether oxygens (including phenoxy) is 1. The highest BCUT2D eigenvalue weighted by Gasteiger charge is 2.11. The molecule has 140 valence electrons. The molecule has 6 nitrogen and oxygen atoms in total. The molecule has 0 aliphatic rings. The second-order valence-corrected chi connectivity index (χ2v) is 7.76. The normalized spacial score (nSPS) is 11.0. The van der Waals surface area contributed by atoms with Crippen molar-refractivity contribution in [3.05, 3.63) is 53.6 Å². The standard InChI is InChI=1S/C19H24N2O4S/c1-4-14-5-7-15(8-6-14)9-12-19(22)20-16-10-11-18(25-2)17(13-16)21-26(3,23)24/h5-8,10-11,13,21H,4,9,12H2,1-3H3,(H,20,22). The molecule has 0 aliphatic carbocycles. The maximum Gasteiger partial charge on any atom is 0.229 e. The molecule has 1 amide bonds. The quantitative estimate of drug-likeness (QED) is 0.741. The van der Waals surface area contributed by atoms with Crippen LogP contribution in [0.3, 0.4) is 0 Å². The van der Waals surface area contributed by atoms with E-state index in [1.165, 1.54) is 18.7 Å². The minimum absolute atomic E-state index is 0.139. The topological polar surface area (TPSA) is 84.5 Å². The maximum absolute atomic E-state index is 12.2. The molecule has 26 heavy (non-hydrogen) atoms. The van der Waals surface area contributed by atoms with Gasteiger partial charge in [-0.1, -0.05) is 31.2 Å². The van der Waals surface area contributed by atoms with Crippen molar-refractivity contribution in [3.8, 4) is 5.75 Å². The van der Waals surface area contributed by atoms with Gasteiger partial charge in [0.05, 0.1) is 19.1 Å². The van der Waals surface area contributed by atoms with E-state index in [1.807, 2.05) is 12.1 Å². The first-order valence-electron chi connectivity index (χ1n) is 8.34. The number of amides is 1. The predicted octanol–water partition coefficient (Wildman–Crippen LogP) is 3.20. The van der Waals surface area contributed by atoms with Crippen molar-refractivity contribution in [2.75, 3.05) is 23.4 Å². The zero-order chi connectivity index (χ0) is 19.2. The fourth-order valence-corrected chi connectivity index (χ4v) is 3.05. The van der Waals surface area contributed by atoms with Crippen molar-refractivity contribution in [1.82, 2.24) is 0 Å². The second-order valence-electron chi connectivity index (χ2n) is 6.01. The lowest BCUT2D eigenvalue weighted by Crippen LogP contribution is -2.14. The van der Waals surface area contributed by atoms with Crippen LogP contribution in [0, 0.1) is 0 Å². The van der Waals surface area contributed by atoms with Crippen LogP contribution in [0.15, 0.2) is 42.5 Å². The average Bonchev–Trinajstić information content (AvgIpc) is 2.59. The van der Waals surface area contributed by atoms with E-state index >= 15 is 0 Å². The lowest BCUT2D eigenvalue weighted by atomic mass is 10.1. The van der Waals surface area contributed by atoms with Gasteiger partial charge in [-0.05, 0) is 42.2 Å². The minimum Gasteiger partial charge on any atom is -0.495 e. The predicted molar refractivity (Wildman–Crippen MR) is 104 cm³/mol. The Morgan fingerprint density at radius 2 is 1.73 bits per heavy atom. The molecule has 7 heteroatoms. The van der Waals surface area contributed by atoms with Crippen molar-refractivity contribution in [1.29, 1.82) is 0 Å². The molecule has 2 aromatic rings. The molecule has 0 bridgehead atoms. The Bertz CT molecular complexity index is 862. The molecule has 0 saturated heterocycles. The van der Waals surface area contributed by atoms with Crippen molar-refractivity contribution in [2.45, 2.75) is 26.2 Å². The minimum atomic E-state index is -3.45. The SMILES string of the molecule is CCc1ccc(CCC(=O)Nc2ccc(OC)c(NS(C)(=O)=O)c2)cc1. The number of aryl methyl sites for hydroxylation is 2.